The Hall–Kier alpha value is -1.90. The van der Waals surface area contributed by atoms with E-state index in [1.165, 1.54) is 10.9 Å². The van der Waals surface area contributed by atoms with Crippen LogP contribution in [0.4, 0.5) is 0 Å². The van der Waals surface area contributed by atoms with Gasteiger partial charge in [-0.3, -0.25) is 9.36 Å². The number of benzene rings is 1. The van der Waals surface area contributed by atoms with Gasteiger partial charge in [0.15, 0.2) is 0 Å². The molecule has 0 fully saturated rings. The summed E-state index contributed by atoms with van der Waals surface area (Å²) in [4.78, 5) is 15.5. The molecule has 0 bridgehead atoms. The maximum Gasteiger partial charge on any atom is 0.231 e. The minimum absolute atomic E-state index is 0.0512. The smallest absolute Gasteiger partial charge is 0.231 e. The van der Waals surface area contributed by atoms with Crippen LogP contribution in [0.5, 0.6) is 0 Å². The molecule has 0 amide bonds. The van der Waals surface area contributed by atoms with Crippen LogP contribution in [-0.4, -0.2) is 15.5 Å². The normalized spacial score (nSPS) is 10.2. The van der Waals surface area contributed by atoms with Crippen LogP contribution < -0.4 is 0 Å². The van der Waals surface area contributed by atoms with Gasteiger partial charge in [-0.1, -0.05) is 30.3 Å². The molecule has 3 heteroatoms. The quantitative estimate of drug-likeness (QED) is 0.744. The highest BCUT2D eigenvalue weighted by Crippen LogP contribution is 2.15. The summed E-state index contributed by atoms with van der Waals surface area (Å²) < 4.78 is 1.47. The zero-order valence-corrected chi connectivity index (χ0v) is 8.26. The lowest BCUT2D eigenvalue weighted by Gasteiger charge is -1.95. The maximum absolute atomic E-state index is 11.3. The minimum Gasteiger partial charge on any atom is -0.276 e. The first-order chi connectivity index (χ1) is 7.31. The second kappa shape index (κ2) is 4.09. The molecule has 0 spiro atoms. The van der Waals surface area contributed by atoms with E-state index in [4.69, 9.17) is 0 Å². The van der Waals surface area contributed by atoms with E-state index in [1.807, 2.05) is 30.3 Å². The van der Waals surface area contributed by atoms with Gasteiger partial charge in [0, 0.05) is 18.2 Å². The van der Waals surface area contributed by atoms with E-state index in [0.29, 0.717) is 0 Å². The third-order valence-corrected chi connectivity index (χ3v) is 2.15. The van der Waals surface area contributed by atoms with Crippen LogP contribution >= 0.6 is 0 Å². The Labute approximate surface area is 88.4 Å². The summed E-state index contributed by atoms with van der Waals surface area (Å²) >= 11 is 0. The lowest BCUT2D eigenvalue weighted by molar-refractivity contribution is 0.0916. The van der Waals surface area contributed by atoms with Gasteiger partial charge in [0.05, 0.1) is 5.69 Å². The molecule has 0 atom stereocenters. The summed E-state index contributed by atoms with van der Waals surface area (Å²) in [5, 5.41) is 0. The molecule has 0 unspecified atom stereocenters. The molecule has 75 valence electrons. The van der Waals surface area contributed by atoms with Gasteiger partial charge in [0.25, 0.3) is 0 Å². The van der Waals surface area contributed by atoms with E-state index >= 15 is 0 Å². The molecule has 0 aliphatic heterocycles. The van der Waals surface area contributed by atoms with Crippen LogP contribution in [0.3, 0.4) is 0 Å². The Morgan fingerprint density at radius 2 is 2.07 bits per heavy atom. The van der Waals surface area contributed by atoms with Crippen molar-refractivity contribution in [1.29, 1.82) is 0 Å². The van der Waals surface area contributed by atoms with E-state index in [-0.39, 0.29) is 12.3 Å². The van der Waals surface area contributed by atoms with Crippen molar-refractivity contribution >= 4 is 5.91 Å². The summed E-state index contributed by atoms with van der Waals surface area (Å²) in [6.07, 6.45) is 3.49. The second-order valence-electron chi connectivity index (χ2n) is 3.18. The van der Waals surface area contributed by atoms with Crippen molar-refractivity contribution in [3.63, 3.8) is 0 Å². The molecule has 2 aromatic rings. The van der Waals surface area contributed by atoms with Crippen LogP contribution in [0.15, 0.2) is 42.9 Å². The zero-order valence-electron chi connectivity index (χ0n) is 8.26. The summed E-state index contributed by atoms with van der Waals surface area (Å²) in [6, 6.07) is 9.75. The van der Waals surface area contributed by atoms with Gasteiger partial charge in [-0.15, -0.1) is 0 Å². The van der Waals surface area contributed by atoms with E-state index in [2.05, 4.69) is 11.9 Å². The van der Waals surface area contributed by atoms with Gasteiger partial charge in [-0.05, 0) is 6.92 Å². The predicted molar refractivity (Wildman–Crippen MR) is 58.3 cm³/mol. The highest BCUT2D eigenvalue weighted by Gasteiger charge is 2.05. The fourth-order valence-electron chi connectivity index (χ4n) is 1.35. The topological polar surface area (TPSA) is 34.9 Å². The third kappa shape index (κ3) is 1.96. The van der Waals surface area contributed by atoms with Crippen molar-refractivity contribution in [3.05, 3.63) is 49.8 Å². The molecule has 0 aliphatic carbocycles. The Morgan fingerprint density at radius 3 is 2.73 bits per heavy atom. The summed E-state index contributed by atoms with van der Waals surface area (Å²) in [7, 11) is 0. The monoisotopic (exact) mass is 199 g/mol. The number of aromatic nitrogens is 2. The fourth-order valence-corrected chi connectivity index (χ4v) is 1.35. The third-order valence-electron chi connectivity index (χ3n) is 2.15. The fraction of sp³-hybridized carbons (Fsp3) is 0.0833. The zero-order chi connectivity index (χ0) is 10.7. The maximum atomic E-state index is 11.3. The number of carbonyl (C=O) groups is 1. The molecule has 0 saturated heterocycles. The molecule has 1 radical (unpaired) electrons. The molecule has 15 heavy (non-hydrogen) atoms. The Bertz CT molecular complexity index is 459. The minimum atomic E-state index is -0.0512. The van der Waals surface area contributed by atoms with Crippen molar-refractivity contribution in [2.45, 2.75) is 6.42 Å². The first-order valence-corrected chi connectivity index (χ1v) is 4.73. The molecular weight excluding hydrogens is 188 g/mol. The number of carbonyl (C=O) groups excluding carboxylic acids is 1. The van der Waals surface area contributed by atoms with E-state index in [1.54, 1.807) is 6.20 Å². The van der Waals surface area contributed by atoms with Gasteiger partial charge >= 0.3 is 0 Å². The largest absolute Gasteiger partial charge is 0.276 e. The van der Waals surface area contributed by atoms with Crippen molar-refractivity contribution in [3.8, 4) is 11.3 Å². The molecule has 2 rings (SSSR count). The van der Waals surface area contributed by atoms with Crippen LogP contribution in [0.1, 0.15) is 11.2 Å². The standard InChI is InChI=1S/C12H11N2O/c1-2-12(15)14-8-11(13-9-14)10-6-4-3-5-7-10/h3-9H,1-2H2. The van der Waals surface area contributed by atoms with Gasteiger partial charge < -0.3 is 0 Å². The Morgan fingerprint density at radius 1 is 1.33 bits per heavy atom. The lowest BCUT2D eigenvalue weighted by atomic mass is 10.2. The molecule has 0 saturated carbocycles. The predicted octanol–water partition coefficient (Wildman–Crippen LogP) is 2.41. The van der Waals surface area contributed by atoms with E-state index in [0.717, 1.165) is 11.3 Å². The summed E-state index contributed by atoms with van der Waals surface area (Å²) in [5.74, 6) is -0.0512. The lowest BCUT2D eigenvalue weighted by Crippen LogP contribution is -2.05. The highest BCUT2D eigenvalue weighted by atomic mass is 16.2. The summed E-state index contributed by atoms with van der Waals surface area (Å²) in [5.41, 5.74) is 1.81. The first kappa shape index (κ1) is 9.65. The highest BCUT2D eigenvalue weighted by molar-refractivity contribution is 5.80. The molecule has 1 heterocycles. The molecule has 1 aromatic carbocycles. The first-order valence-electron chi connectivity index (χ1n) is 4.73. The van der Waals surface area contributed by atoms with Crippen LogP contribution in [-0.2, 0) is 0 Å². The molecule has 1 aromatic heterocycles. The van der Waals surface area contributed by atoms with Gasteiger partial charge in [0.2, 0.25) is 5.91 Å². The van der Waals surface area contributed by atoms with Crippen molar-refractivity contribution < 1.29 is 4.79 Å². The molecular formula is C12H11N2O. The number of nitrogens with zero attached hydrogens (tertiary/aromatic N) is 2. The summed E-state index contributed by atoms with van der Waals surface area (Å²) in [6.45, 7) is 3.55. The van der Waals surface area contributed by atoms with Crippen LogP contribution in [0.25, 0.3) is 11.3 Å². The van der Waals surface area contributed by atoms with Crippen molar-refractivity contribution in [2.24, 2.45) is 0 Å². The Balaban J connectivity index is 2.32. The number of hydrogen-bond donors (Lipinski definition) is 0. The number of imidazole rings is 1. The average Bonchev–Trinajstić information content (AvgIpc) is 2.78. The van der Waals surface area contributed by atoms with Gasteiger partial charge in [0.1, 0.15) is 6.33 Å². The van der Waals surface area contributed by atoms with Crippen molar-refractivity contribution in [2.75, 3.05) is 0 Å². The average molecular weight is 199 g/mol. The van der Waals surface area contributed by atoms with E-state index in [9.17, 15) is 4.79 Å². The number of rotatable bonds is 2. The molecule has 0 aliphatic rings. The molecule has 3 nitrogen and oxygen atoms in total. The molecule has 0 N–H and O–H groups in total. The second-order valence-corrected chi connectivity index (χ2v) is 3.18. The van der Waals surface area contributed by atoms with Gasteiger partial charge in [-0.2, -0.15) is 0 Å². The SMILES string of the molecule is [CH2]CC(=O)n1cnc(-c2ccccc2)c1. The van der Waals surface area contributed by atoms with Gasteiger partial charge in [-0.25, -0.2) is 4.98 Å². The van der Waals surface area contributed by atoms with Crippen LogP contribution in [0.2, 0.25) is 0 Å². The number of hydrogen-bond acceptors (Lipinski definition) is 2. The van der Waals surface area contributed by atoms with Crippen LogP contribution in [0, 0.1) is 6.92 Å². The van der Waals surface area contributed by atoms with Crippen molar-refractivity contribution in [1.82, 2.24) is 9.55 Å². The Kier molecular flexibility index (Phi) is 2.63. The van der Waals surface area contributed by atoms with E-state index < -0.39 is 0 Å².